The summed E-state index contributed by atoms with van der Waals surface area (Å²) in [4.78, 5) is 11.8. The van der Waals surface area contributed by atoms with Crippen LogP contribution in [0, 0.1) is 5.82 Å². The van der Waals surface area contributed by atoms with Crippen LogP contribution >= 0.6 is 11.3 Å². The molecular formula is C11H11FN4OS. The van der Waals surface area contributed by atoms with Crippen LogP contribution in [0.1, 0.15) is 22.3 Å². The van der Waals surface area contributed by atoms with Gasteiger partial charge in [-0.05, 0) is 24.6 Å². The van der Waals surface area contributed by atoms with Crippen LogP contribution < -0.4 is 11.1 Å². The van der Waals surface area contributed by atoms with Crippen LogP contribution in [0.2, 0.25) is 0 Å². The zero-order valence-corrected chi connectivity index (χ0v) is 10.4. The smallest absolute Gasteiger partial charge is 0.260 e. The molecule has 0 radical (unpaired) electrons. The number of nitrogens with one attached hydrogen (secondary N) is 1. The van der Waals surface area contributed by atoms with E-state index in [0.29, 0.717) is 5.13 Å². The summed E-state index contributed by atoms with van der Waals surface area (Å²) in [7, 11) is 0. The summed E-state index contributed by atoms with van der Waals surface area (Å²) >= 11 is 1.26. The SMILES string of the molecule is CCc1nnc(NC(=O)c2ccc(N)cc2F)s1. The highest BCUT2D eigenvalue weighted by Gasteiger charge is 2.14. The van der Waals surface area contributed by atoms with Gasteiger partial charge in [0.05, 0.1) is 5.56 Å². The van der Waals surface area contributed by atoms with Gasteiger partial charge in [0.25, 0.3) is 5.91 Å². The highest BCUT2D eigenvalue weighted by atomic mass is 32.1. The Morgan fingerprint density at radius 2 is 2.28 bits per heavy atom. The summed E-state index contributed by atoms with van der Waals surface area (Å²) < 4.78 is 13.5. The van der Waals surface area contributed by atoms with Crippen molar-refractivity contribution in [1.29, 1.82) is 0 Å². The quantitative estimate of drug-likeness (QED) is 0.833. The van der Waals surface area contributed by atoms with Gasteiger partial charge in [-0.1, -0.05) is 18.3 Å². The van der Waals surface area contributed by atoms with Gasteiger partial charge in [-0.3, -0.25) is 10.1 Å². The molecule has 1 heterocycles. The second-order valence-electron chi connectivity index (χ2n) is 3.55. The number of carbonyl (C=O) groups is 1. The number of nitrogens with two attached hydrogens (primary N) is 1. The van der Waals surface area contributed by atoms with Crippen molar-refractivity contribution in [2.75, 3.05) is 11.1 Å². The van der Waals surface area contributed by atoms with E-state index in [4.69, 9.17) is 5.73 Å². The van der Waals surface area contributed by atoms with Crippen molar-refractivity contribution in [1.82, 2.24) is 10.2 Å². The molecule has 0 saturated carbocycles. The number of nitrogens with zero attached hydrogens (tertiary/aromatic N) is 2. The zero-order valence-electron chi connectivity index (χ0n) is 9.61. The first kappa shape index (κ1) is 12.4. The number of anilines is 2. The van der Waals surface area contributed by atoms with Crippen molar-refractivity contribution in [2.45, 2.75) is 13.3 Å². The molecule has 7 heteroatoms. The van der Waals surface area contributed by atoms with Crippen LogP contribution in [-0.2, 0) is 6.42 Å². The van der Waals surface area contributed by atoms with Crippen molar-refractivity contribution in [2.24, 2.45) is 0 Å². The average Bonchev–Trinajstić information content (AvgIpc) is 2.76. The van der Waals surface area contributed by atoms with Crippen LogP contribution in [0.25, 0.3) is 0 Å². The third-order valence-corrected chi connectivity index (χ3v) is 3.21. The van der Waals surface area contributed by atoms with E-state index in [1.165, 1.54) is 23.5 Å². The predicted molar refractivity (Wildman–Crippen MR) is 68.1 cm³/mol. The molecular weight excluding hydrogens is 255 g/mol. The van der Waals surface area contributed by atoms with Gasteiger partial charge in [0.15, 0.2) is 0 Å². The molecule has 0 atom stereocenters. The van der Waals surface area contributed by atoms with E-state index in [1.54, 1.807) is 0 Å². The summed E-state index contributed by atoms with van der Waals surface area (Å²) in [5.74, 6) is -1.22. The molecule has 2 rings (SSSR count). The fraction of sp³-hybridized carbons (Fsp3) is 0.182. The number of amides is 1. The molecule has 3 N–H and O–H groups in total. The van der Waals surface area contributed by atoms with Crippen LogP contribution in [0.4, 0.5) is 15.2 Å². The second kappa shape index (κ2) is 5.09. The summed E-state index contributed by atoms with van der Waals surface area (Å²) in [5.41, 5.74) is 5.61. The number of benzene rings is 1. The summed E-state index contributed by atoms with van der Waals surface area (Å²) in [6.07, 6.45) is 0.740. The van der Waals surface area contributed by atoms with E-state index >= 15 is 0 Å². The molecule has 0 aliphatic heterocycles. The highest BCUT2D eigenvalue weighted by Crippen LogP contribution is 2.18. The number of rotatable bonds is 3. The Morgan fingerprint density at radius 3 is 2.89 bits per heavy atom. The number of nitrogen functional groups attached to an aromatic ring is 1. The minimum Gasteiger partial charge on any atom is -0.399 e. The van der Waals surface area contributed by atoms with Crippen molar-refractivity contribution in [3.8, 4) is 0 Å². The molecule has 0 aliphatic rings. The van der Waals surface area contributed by atoms with Crippen molar-refractivity contribution in [3.63, 3.8) is 0 Å². The minimum atomic E-state index is -0.660. The number of aryl methyl sites for hydroxylation is 1. The fourth-order valence-corrected chi connectivity index (χ4v) is 2.00. The van der Waals surface area contributed by atoms with Gasteiger partial charge in [-0.25, -0.2) is 4.39 Å². The first-order chi connectivity index (χ1) is 8.60. The Balaban J connectivity index is 2.16. The van der Waals surface area contributed by atoms with E-state index < -0.39 is 11.7 Å². The van der Waals surface area contributed by atoms with E-state index in [1.807, 2.05) is 6.92 Å². The minimum absolute atomic E-state index is 0.0718. The van der Waals surface area contributed by atoms with Gasteiger partial charge in [0.2, 0.25) is 5.13 Å². The molecule has 5 nitrogen and oxygen atoms in total. The van der Waals surface area contributed by atoms with Gasteiger partial charge in [0.1, 0.15) is 10.8 Å². The Morgan fingerprint density at radius 1 is 1.50 bits per heavy atom. The Kier molecular flexibility index (Phi) is 3.52. The fourth-order valence-electron chi connectivity index (χ4n) is 1.33. The lowest BCUT2D eigenvalue weighted by Gasteiger charge is -2.03. The maximum atomic E-state index is 13.5. The highest BCUT2D eigenvalue weighted by molar-refractivity contribution is 7.15. The van der Waals surface area contributed by atoms with Gasteiger partial charge in [0, 0.05) is 5.69 Å². The van der Waals surface area contributed by atoms with Crippen LogP contribution in [0.5, 0.6) is 0 Å². The molecule has 0 spiro atoms. The van der Waals surface area contributed by atoms with Crippen LogP contribution in [0.3, 0.4) is 0 Å². The molecule has 1 aromatic heterocycles. The maximum Gasteiger partial charge on any atom is 0.260 e. The van der Waals surface area contributed by atoms with Crippen molar-refractivity contribution in [3.05, 3.63) is 34.6 Å². The molecule has 0 bridgehead atoms. The number of hydrogen-bond acceptors (Lipinski definition) is 5. The molecule has 94 valence electrons. The monoisotopic (exact) mass is 266 g/mol. The number of halogens is 1. The molecule has 2 aromatic rings. The zero-order chi connectivity index (χ0) is 13.1. The largest absolute Gasteiger partial charge is 0.399 e. The first-order valence-electron chi connectivity index (χ1n) is 5.29. The van der Waals surface area contributed by atoms with E-state index in [0.717, 1.165) is 17.5 Å². The molecule has 0 unspecified atom stereocenters. The lowest BCUT2D eigenvalue weighted by molar-refractivity contribution is 0.102. The number of hydrogen-bond donors (Lipinski definition) is 2. The van der Waals surface area contributed by atoms with Crippen LogP contribution in [-0.4, -0.2) is 16.1 Å². The van der Waals surface area contributed by atoms with E-state index in [2.05, 4.69) is 15.5 Å². The molecule has 0 fully saturated rings. The lowest BCUT2D eigenvalue weighted by atomic mass is 10.2. The van der Waals surface area contributed by atoms with E-state index in [9.17, 15) is 9.18 Å². The van der Waals surface area contributed by atoms with Gasteiger partial charge in [-0.15, -0.1) is 10.2 Å². The molecule has 18 heavy (non-hydrogen) atoms. The molecule has 0 aliphatic carbocycles. The van der Waals surface area contributed by atoms with Crippen LogP contribution in [0.15, 0.2) is 18.2 Å². The van der Waals surface area contributed by atoms with Gasteiger partial charge < -0.3 is 5.73 Å². The number of aromatic nitrogens is 2. The standard InChI is InChI=1S/C11H11FN4OS/c1-2-9-15-16-11(18-9)14-10(17)7-4-3-6(13)5-8(7)12/h3-5H,2,13H2,1H3,(H,14,16,17). The summed E-state index contributed by atoms with van der Waals surface area (Å²) in [6.45, 7) is 1.94. The van der Waals surface area contributed by atoms with Gasteiger partial charge >= 0.3 is 0 Å². The third kappa shape index (κ3) is 2.62. The second-order valence-corrected chi connectivity index (χ2v) is 4.61. The number of carbonyl (C=O) groups excluding carboxylic acids is 1. The average molecular weight is 266 g/mol. The predicted octanol–water partition coefficient (Wildman–Crippen LogP) is 2.07. The normalized spacial score (nSPS) is 10.3. The molecule has 1 aromatic carbocycles. The van der Waals surface area contributed by atoms with Crippen molar-refractivity contribution >= 4 is 28.1 Å². The first-order valence-corrected chi connectivity index (χ1v) is 6.10. The van der Waals surface area contributed by atoms with E-state index in [-0.39, 0.29) is 11.3 Å². The van der Waals surface area contributed by atoms with Crippen molar-refractivity contribution < 1.29 is 9.18 Å². The molecule has 1 amide bonds. The Labute approximate surface area is 107 Å². The lowest BCUT2D eigenvalue weighted by Crippen LogP contribution is -2.13. The molecule has 0 saturated heterocycles. The van der Waals surface area contributed by atoms with Gasteiger partial charge in [-0.2, -0.15) is 0 Å². The Bertz CT molecular complexity index is 584. The Hall–Kier alpha value is -2.02. The maximum absolute atomic E-state index is 13.5. The summed E-state index contributed by atoms with van der Waals surface area (Å²) in [5, 5.41) is 11.3. The third-order valence-electron chi connectivity index (χ3n) is 2.23. The topological polar surface area (TPSA) is 80.9 Å². The summed E-state index contributed by atoms with van der Waals surface area (Å²) in [6, 6.07) is 3.91.